The van der Waals surface area contributed by atoms with Crippen LogP contribution in [0.4, 0.5) is 4.79 Å². The van der Waals surface area contributed by atoms with Crippen molar-refractivity contribution in [3.8, 4) is 0 Å². The molecule has 3 amide bonds. The third-order valence-corrected chi connectivity index (χ3v) is 5.48. The van der Waals surface area contributed by atoms with Crippen LogP contribution in [0, 0.1) is 0 Å². The van der Waals surface area contributed by atoms with Crippen molar-refractivity contribution in [1.82, 2.24) is 15.5 Å². The number of allylic oxidation sites excluding steroid dienone is 1. The van der Waals surface area contributed by atoms with Crippen LogP contribution in [0.25, 0.3) is 0 Å². The van der Waals surface area contributed by atoms with Gasteiger partial charge in [0, 0.05) is 6.92 Å². The number of amides is 3. The Hall–Kier alpha value is -3.74. The first-order chi connectivity index (χ1) is 17.3. The summed E-state index contributed by atoms with van der Waals surface area (Å²) in [4.78, 5) is 63.1. The van der Waals surface area contributed by atoms with Crippen LogP contribution in [0.2, 0.25) is 0 Å². The molecule has 1 saturated heterocycles. The summed E-state index contributed by atoms with van der Waals surface area (Å²) in [5, 5.41) is 4.10. The Labute approximate surface area is 220 Å². The van der Waals surface area contributed by atoms with Crippen molar-refractivity contribution in [2.24, 2.45) is 0 Å². The van der Waals surface area contributed by atoms with Gasteiger partial charge in [-0.3, -0.25) is 19.3 Å². The Morgan fingerprint density at radius 3 is 2.22 bits per heavy atom. The highest BCUT2D eigenvalue weighted by Gasteiger charge is 2.51. The molecule has 0 radical (unpaired) electrons. The van der Waals surface area contributed by atoms with Crippen molar-refractivity contribution in [3.63, 3.8) is 0 Å². The van der Waals surface area contributed by atoms with Gasteiger partial charge in [-0.1, -0.05) is 30.3 Å². The molecule has 202 valence electrons. The zero-order chi connectivity index (χ0) is 27.9. The van der Waals surface area contributed by atoms with Crippen molar-refractivity contribution in [2.45, 2.75) is 57.7 Å². The number of nitrogens with zero attached hydrogens (tertiary/aromatic N) is 1. The number of carbonyl (C=O) groups is 5. The molecule has 2 unspecified atom stereocenters. The number of rotatable bonds is 9. The molecule has 37 heavy (non-hydrogen) atoms. The SMILES string of the molecule is COC(C)=C(C(=O)OCOC(C)=O)N1C(=O)C(NC(=O)[C@@H](NC(=O)OC(C)(C)C)c2ccccc2)C1S. The minimum absolute atomic E-state index is 0.0405. The lowest BCUT2D eigenvalue weighted by atomic mass is 10.0. The number of ether oxygens (including phenoxy) is 4. The largest absolute Gasteiger partial charge is 0.499 e. The molecule has 1 aliphatic heterocycles. The molecule has 2 N–H and O–H groups in total. The molecule has 13 heteroatoms. The predicted molar refractivity (Wildman–Crippen MR) is 133 cm³/mol. The van der Waals surface area contributed by atoms with E-state index in [0.29, 0.717) is 5.56 Å². The zero-order valence-corrected chi connectivity index (χ0v) is 22.3. The van der Waals surface area contributed by atoms with Gasteiger partial charge in [0.05, 0.1) is 7.11 Å². The van der Waals surface area contributed by atoms with Gasteiger partial charge in [-0.2, -0.15) is 12.6 Å². The van der Waals surface area contributed by atoms with Crippen molar-refractivity contribution < 1.29 is 42.9 Å². The monoisotopic (exact) mass is 537 g/mol. The van der Waals surface area contributed by atoms with Crippen LogP contribution in [0.5, 0.6) is 0 Å². The minimum Gasteiger partial charge on any atom is -0.499 e. The molecule has 0 aromatic heterocycles. The summed E-state index contributed by atoms with van der Waals surface area (Å²) >= 11 is 4.38. The maximum Gasteiger partial charge on any atom is 0.408 e. The smallest absolute Gasteiger partial charge is 0.408 e. The fraction of sp³-hybridized carbons (Fsp3) is 0.458. The van der Waals surface area contributed by atoms with Gasteiger partial charge < -0.3 is 29.6 Å². The summed E-state index contributed by atoms with van der Waals surface area (Å²) in [5.41, 5.74) is -0.610. The third-order valence-electron chi connectivity index (χ3n) is 4.95. The molecule has 0 aliphatic carbocycles. The van der Waals surface area contributed by atoms with Gasteiger partial charge >= 0.3 is 18.0 Å². The van der Waals surface area contributed by atoms with Gasteiger partial charge in [0.15, 0.2) is 5.70 Å². The highest BCUT2D eigenvalue weighted by molar-refractivity contribution is 7.81. The number of carbonyl (C=O) groups excluding carboxylic acids is 5. The van der Waals surface area contributed by atoms with Crippen molar-refractivity contribution in [1.29, 1.82) is 0 Å². The van der Waals surface area contributed by atoms with Crippen molar-refractivity contribution in [3.05, 3.63) is 47.4 Å². The number of likely N-dealkylation sites (tertiary alicyclic amines) is 1. The van der Waals surface area contributed by atoms with E-state index in [0.717, 1.165) is 11.8 Å². The van der Waals surface area contributed by atoms with Crippen LogP contribution >= 0.6 is 12.6 Å². The third kappa shape index (κ3) is 7.87. The summed E-state index contributed by atoms with van der Waals surface area (Å²) in [7, 11) is 1.29. The molecule has 12 nitrogen and oxygen atoms in total. The number of nitrogens with one attached hydrogen (secondary N) is 2. The topological polar surface area (TPSA) is 150 Å². The molecule has 1 aromatic carbocycles. The highest BCUT2D eigenvalue weighted by Crippen LogP contribution is 2.31. The van der Waals surface area contributed by atoms with Crippen LogP contribution in [-0.2, 0) is 38.1 Å². The van der Waals surface area contributed by atoms with E-state index < -0.39 is 59.7 Å². The van der Waals surface area contributed by atoms with E-state index in [-0.39, 0.29) is 11.5 Å². The number of benzene rings is 1. The summed E-state index contributed by atoms with van der Waals surface area (Å²) in [5.74, 6) is -2.98. The molecule has 0 saturated carbocycles. The van der Waals surface area contributed by atoms with Gasteiger partial charge in [0.25, 0.3) is 5.91 Å². The van der Waals surface area contributed by atoms with Crippen LogP contribution in [0.1, 0.15) is 46.2 Å². The second kappa shape index (κ2) is 12.5. The molecule has 1 heterocycles. The lowest BCUT2D eigenvalue weighted by Crippen LogP contribution is -2.69. The summed E-state index contributed by atoms with van der Waals surface area (Å²) < 4.78 is 19.9. The van der Waals surface area contributed by atoms with E-state index in [9.17, 15) is 24.0 Å². The Kier molecular flexibility index (Phi) is 9.95. The van der Waals surface area contributed by atoms with Crippen LogP contribution in [-0.4, -0.2) is 65.7 Å². The highest BCUT2D eigenvalue weighted by atomic mass is 32.1. The second-order valence-electron chi connectivity index (χ2n) is 8.89. The molecular weight excluding hydrogens is 506 g/mol. The number of β-lactam (4-membered cyclic amide) rings is 1. The lowest BCUT2D eigenvalue weighted by molar-refractivity contribution is -0.167. The number of thiol groups is 1. The van der Waals surface area contributed by atoms with Crippen molar-refractivity contribution >= 4 is 42.5 Å². The van der Waals surface area contributed by atoms with Crippen molar-refractivity contribution in [2.75, 3.05) is 13.9 Å². The maximum absolute atomic E-state index is 13.2. The fourth-order valence-corrected chi connectivity index (χ4v) is 3.64. The first kappa shape index (κ1) is 29.5. The Bertz CT molecular complexity index is 1070. The van der Waals surface area contributed by atoms with E-state index in [1.54, 1.807) is 51.1 Å². The molecule has 0 bridgehead atoms. The number of methoxy groups -OCH3 is 1. The van der Waals surface area contributed by atoms with Gasteiger partial charge in [0.2, 0.25) is 12.7 Å². The molecule has 1 aliphatic rings. The molecule has 1 aromatic rings. The summed E-state index contributed by atoms with van der Waals surface area (Å²) in [6.45, 7) is 6.95. The lowest BCUT2D eigenvalue weighted by Gasteiger charge is -2.45. The van der Waals surface area contributed by atoms with Gasteiger partial charge in [-0.25, -0.2) is 9.59 Å². The standard InChI is InChI=1S/C24H31N3O9S/c1-13(33-6)18(22(31)35-12-34-14(2)28)27-20(30)17(21(27)37)25-19(29)16(15-10-8-7-9-11-15)26-23(32)36-24(3,4)5/h7-11,16-17,21,37H,12H2,1-6H3,(H,25,29)(H,26,32)/t16-,17?,21?/m0/s1. The first-order valence-corrected chi connectivity index (χ1v) is 11.7. The normalized spacial score (nSPS) is 18.5. The molecular formula is C24H31N3O9S. The summed E-state index contributed by atoms with van der Waals surface area (Å²) in [6.07, 6.45) is -0.822. The average molecular weight is 538 g/mol. The number of hydrogen-bond acceptors (Lipinski definition) is 10. The predicted octanol–water partition coefficient (Wildman–Crippen LogP) is 1.78. The Balaban J connectivity index is 2.19. The quantitative estimate of drug-likeness (QED) is 0.107. The van der Waals surface area contributed by atoms with E-state index in [1.165, 1.54) is 14.0 Å². The first-order valence-electron chi connectivity index (χ1n) is 11.2. The van der Waals surface area contributed by atoms with Gasteiger partial charge in [-0.05, 0) is 33.3 Å². The number of hydrogen-bond donors (Lipinski definition) is 3. The Morgan fingerprint density at radius 2 is 1.70 bits per heavy atom. The zero-order valence-electron chi connectivity index (χ0n) is 21.4. The van der Waals surface area contributed by atoms with Crippen LogP contribution in [0.3, 0.4) is 0 Å². The van der Waals surface area contributed by atoms with E-state index in [4.69, 9.17) is 14.2 Å². The second-order valence-corrected chi connectivity index (χ2v) is 9.42. The van der Waals surface area contributed by atoms with Crippen LogP contribution < -0.4 is 10.6 Å². The van der Waals surface area contributed by atoms with E-state index in [2.05, 4.69) is 28.0 Å². The summed E-state index contributed by atoms with van der Waals surface area (Å²) in [6, 6.07) is 6.08. The maximum atomic E-state index is 13.2. The van der Waals surface area contributed by atoms with Gasteiger partial charge in [-0.15, -0.1) is 0 Å². The average Bonchev–Trinajstić information content (AvgIpc) is 2.82. The van der Waals surface area contributed by atoms with Crippen LogP contribution in [0.15, 0.2) is 41.8 Å². The van der Waals surface area contributed by atoms with E-state index in [1.807, 2.05) is 0 Å². The van der Waals surface area contributed by atoms with E-state index >= 15 is 0 Å². The molecule has 3 atom stereocenters. The fourth-order valence-electron chi connectivity index (χ4n) is 3.20. The Morgan fingerprint density at radius 1 is 1.08 bits per heavy atom. The minimum atomic E-state index is -1.18. The number of alkyl carbamates (subject to hydrolysis) is 1. The molecule has 2 rings (SSSR count). The molecule has 1 fully saturated rings. The van der Waals surface area contributed by atoms with Gasteiger partial charge in [0.1, 0.15) is 28.8 Å². The number of esters is 2. The molecule has 0 spiro atoms.